The average Bonchev–Trinajstić information content (AvgIpc) is 2.27. The summed E-state index contributed by atoms with van der Waals surface area (Å²) in [6, 6.07) is 7.55. The predicted octanol–water partition coefficient (Wildman–Crippen LogP) is 0.940. The molecule has 0 saturated heterocycles. The third-order valence-corrected chi connectivity index (χ3v) is 3.35. The molecule has 0 aliphatic heterocycles. The van der Waals surface area contributed by atoms with Crippen molar-refractivity contribution in [1.82, 2.24) is 5.32 Å². The minimum Gasteiger partial charge on any atom is -0.324 e. The van der Waals surface area contributed by atoms with Crippen molar-refractivity contribution in [3.8, 4) is 0 Å². The van der Waals surface area contributed by atoms with Gasteiger partial charge in [-0.3, -0.25) is 9.88 Å². The SMILES string of the molecule is NC1(NCP(=O)(O)O)CC=Cc2ccccc21. The van der Waals surface area contributed by atoms with Crippen LogP contribution in [0.25, 0.3) is 6.08 Å². The van der Waals surface area contributed by atoms with Crippen LogP contribution in [0.4, 0.5) is 0 Å². The van der Waals surface area contributed by atoms with Crippen molar-refractivity contribution in [3.05, 3.63) is 41.5 Å². The van der Waals surface area contributed by atoms with Crippen molar-refractivity contribution >= 4 is 13.7 Å². The summed E-state index contributed by atoms with van der Waals surface area (Å²) in [5.74, 6) is 0. The van der Waals surface area contributed by atoms with E-state index in [2.05, 4.69) is 5.32 Å². The van der Waals surface area contributed by atoms with Crippen LogP contribution < -0.4 is 11.1 Å². The lowest BCUT2D eigenvalue weighted by Crippen LogP contribution is -2.51. The molecular weight excluding hydrogens is 239 g/mol. The second-order valence-corrected chi connectivity index (χ2v) is 5.81. The van der Waals surface area contributed by atoms with E-state index >= 15 is 0 Å². The van der Waals surface area contributed by atoms with Crippen molar-refractivity contribution in [1.29, 1.82) is 0 Å². The number of hydrogen-bond acceptors (Lipinski definition) is 3. The summed E-state index contributed by atoms with van der Waals surface area (Å²) in [4.78, 5) is 17.8. The van der Waals surface area contributed by atoms with Gasteiger partial charge < -0.3 is 15.5 Å². The van der Waals surface area contributed by atoms with Crippen molar-refractivity contribution in [2.75, 3.05) is 6.29 Å². The van der Waals surface area contributed by atoms with Gasteiger partial charge in [0.05, 0.1) is 5.66 Å². The van der Waals surface area contributed by atoms with Gasteiger partial charge in [-0.25, -0.2) is 0 Å². The third kappa shape index (κ3) is 2.83. The fraction of sp³-hybridized carbons (Fsp3) is 0.273. The molecule has 6 heteroatoms. The first-order valence-corrected chi connectivity index (χ1v) is 7.05. The first-order chi connectivity index (χ1) is 7.91. The Kier molecular flexibility index (Phi) is 3.21. The highest BCUT2D eigenvalue weighted by molar-refractivity contribution is 7.51. The second-order valence-electron chi connectivity index (χ2n) is 4.16. The molecule has 0 bridgehead atoms. The zero-order valence-corrected chi connectivity index (χ0v) is 10.1. The van der Waals surface area contributed by atoms with E-state index in [1.54, 1.807) is 0 Å². The maximum absolute atomic E-state index is 10.9. The van der Waals surface area contributed by atoms with Crippen LogP contribution in [-0.2, 0) is 10.2 Å². The van der Waals surface area contributed by atoms with Crippen LogP contribution in [0.2, 0.25) is 0 Å². The molecule has 1 unspecified atom stereocenters. The van der Waals surface area contributed by atoms with Gasteiger partial charge in [0.25, 0.3) is 0 Å². The molecule has 0 radical (unpaired) electrons. The van der Waals surface area contributed by atoms with E-state index in [1.807, 2.05) is 36.4 Å². The van der Waals surface area contributed by atoms with E-state index in [9.17, 15) is 4.57 Å². The summed E-state index contributed by atoms with van der Waals surface area (Å²) in [6.07, 6.45) is 3.93. The Bertz CT molecular complexity index is 497. The highest BCUT2D eigenvalue weighted by Crippen LogP contribution is 2.36. The molecule has 17 heavy (non-hydrogen) atoms. The monoisotopic (exact) mass is 254 g/mol. The lowest BCUT2D eigenvalue weighted by atomic mass is 9.88. The van der Waals surface area contributed by atoms with Gasteiger partial charge in [0.15, 0.2) is 0 Å². The largest absolute Gasteiger partial charge is 0.339 e. The highest BCUT2D eigenvalue weighted by Gasteiger charge is 2.31. The van der Waals surface area contributed by atoms with E-state index in [0.717, 1.165) is 11.1 Å². The molecule has 1 aromatic rings. The van der Waals surface area contributed by atoms with Crippen LogP contribution in [0.15, 0.2) is 30.3 Å². The molecule has 0 heterocycles. The average molecular weight is 254 g/mol. The predicted molar refractivity (Wildman–Crippen MR) is 66.0 cm³/mol. The maximum atomic E-state index is 10.9. The fourth-order valence-electron chi connectivity index (χ4n) is 1.94. The standard InChI is InChI=1S/C11H15N2O3P/c12-11(13-8-17(14,15)16)7-3-5-9-4-1-2-6-10(9)11/h1-6,13H,7-8,12H2,(H2,14,15,16). The lowest BCUT2D eigenvalue weighted by Gasteiger charge is -2.34. The molecule has 1 aliphatic rings. The van der Waals surface area contributed by atoms with Gasteiger partial charge in [-0.05, 0) is 11.1 Å². The van der Waals surface area contributed by atoms with Crippen LogP contribution in [0.3, 0.4) is 0 Å². The van der Waals surface area contributed by atoms with Crippen molar-refractivity contribution < 1.29 is 14.4 Å². The Morgan fingerprint density at radius 3 is 2.82 bits per heavy atom. The summed E-state index contributed by atoms with van der Waals surface area (Å²) in [5, 5.41) is 2.76. The fourth-order valence-corrected chi connectivity index (χ4v) is 2.43. The normalized spacial score (nSPS) is 23.5. The molecule has 1 aliphatic carbocycles. The molecule has 0 spiro atoms. The van der Waals surface area contributed by atoms with Gasteiger partial charge in [0.2, 0.25) is 0 Å². The van der Waals surface area contributed by atoms with E-state index in [4.69, 9.17) is 15.5 Å². The number of benzene rings is 1. The number of nitrogens with two attached hydrogens (primary N) is 1. The minimum atomic E-state index is -4.10. The maximum Gasteiger partial charge on any atom is 0.339 e. The molecule has 0 fully saturated rings. The van der Waals surface area contributed by atoms with Gasteiger partial charge in [-0.2, -0.15) is 0 Å². The van der Waals surface area contributed by atoms with Crippen molar-refractivity contribution in [3.63, 3.8) is 0 Å². The highest BCUT2D eigenvalue weighted by atomic mass is 31.2. The molecule has 92 valence electrons. The first-order valence-electron chi connectivity index (χ1n) is 5.25. The van der Waals surface area contributed by atoms with Crippen molar-refractivity contribution in [2.45, 2.75) is 12.1 Å². The Morgan fingerprint density at radius 1 is 1.41 bits per heavy atom. The quantitative estimate of drug-likeness (QED) is 0.475. The molecule has 1 aromatic carbocycles. The number of rotatable bonds is 3. The molecule has 5 N–H and O–H groups in total. The van der Waals surface area contributed by atoms with Crippen LogP contribution in [0.5, 0.6) is 0 Å². The van der Waals surface area contributed by atoms with E-state index in [0.29, 0.717) is 6.42 Å². The smallest absolute Gasteiger partial charge is 0.324 e. The molecule has 0 amide bonds. The Hall–Kier alpha value is -0.970. The third-order valence-electron chi connectivity index (χ3n) is 2.78. The van der Waals surface area contributed by atoms with Crippen LogP contribution in [0.1, 0.15) is 17.5 Å². The van der Waals surface area contributed by atoms with E-state index in [1.165, 1.54) is 0 Å². The molecule has 5 nitrogen and oxygen atoms in total. The molecule has 2 rings (SSSR count). The number of hydrogen-bond donors (Lipinski definition) is 4. The minimum absolute atomic E-state index is 0.425. The zero-order valence-electron chi connectivity index (χ0n) is 9.21. The topological polar surface area (TPSA) is 95.6 Å². The Morgan fingerprint density at radius 2 is 2.12 bits per heavy atom. The van der Waals surface area contributed by atoms with Crippen LogP contribution >= 0.6 is 7.60 Å². The van der Waals surface area contributed by atoms with Gasteiger partial charge in [-0.1, -0.05) is 36.4 Å². The van der Waals surface area contributed by atoms with Crippen LogP contribution in [-0.4, -0.2) is 16.1 Å². The van der Waals surface area contributed by atoms with Crippen molar-refractivity contribution in [2.24, 2.45) is 5.73 Å². The second kappa shape index (κ2) is 4.37. The number of fused-ring (bicyclic) bond motifs is 1. The van der Waals surface area contributed by atoms with Crippen LogP contribution in [0, 0.1) is 0 Å². The van der Waals surface area contributed by atoms with Gasteiger partial charge in [0.1, 0.15) is 6.29 Å². The summed E-state index contributed by atoms with van der Waals surface area (Å²) >= 11 is 0. The molecule has 0 aromatic heterocycles. The molecule has 0 saturated carbocycles. The van der Waals surface area contributed by atoms with E-state index < -0.39 is 19.5 Å². The Balaban J connectivity index is 2.27. The zero-order chi connectivity index (χ0) is 12.5. The first kappa shape index (κ1) is 12.5. The van der Waals surface area contributed by atoms with Gasteiger partial charge in [-0.15, -0.1) is 0 Å². The van der Waals surface area contributed by atoms with Gasteiger partial charge in [0, 0.05) is 6.42 Å². The lowest BCUT2D eigenvalue weighted by molar-refractivity contribution is 0.326. The van der Waals surface area contributed by atoms with Gasteiger partial charge >= 0.3 is 7.60 Å². The number of nitrogens with one attached hydrogen (secondary N) is 1. The Labute approximate surface area is 99.5 Å². The summed E-state index contributed by atoms with van der Waals surface area (Å²) in [6.45, 7) is 0. The summed E-state index contributed by atoms with van der Waals surface area (Å²) < 4.78 is 10.9. The van der Waals surface area contributed by atoms with E-state index in [-0.39, 0.29) is 0 Å². The summed E-state index contributed by atoms with van der Waals surface area (Å²) in [5.41, 5.74) is 7.09. The molecule has 1 atom stereocenters. The summed E-state index contributed by atoms with van der Waals surface area (Å²) in [7, 11) is -4.10. The molecular formula is C11H15N2O3P.